The van der Waals surface area contributed by atoms with Crippen LogP contribution in [-0.4, -0.2) is 101 Å². The number of likely N-dealkylation sites (N-methyl/N-ethyl adjacent to an activating group) is 1. The van der Waals surface area contributed by atoms with Gasteiger partial charge in [0.2, 0.25) is 17.7 Å². The normalized spacial score (nSPS) is 21.3. The molecule has 2 aliphatic heterocycles. The van der Waals surface area contributed by atoms with Crippen LogP contribution in [0.25, 0.3) is 0 Å². The van der Waals surface area contributed by atoms with E-state index in [9.17, 15) is 24.3 Å². The summed E-state index contributed by atoms with van der Waals surface area (Å²) in [5.41, 5.74) is 3.26. The molecule has 1 aliphatic carbocycles. The fourth-order valence-corrected chi connectivity index (χ4v) is 7.07. The third kappa shape index (κ3) is 9.62. The van der Waals surface area contributed by atoms with Crippen molar-refractivity contribution in [1.82, 2.24) is 30.7 Å². The first-order valence-corrected chi connectivity index (χ1v) is 16.7. The van der Waals surface area contributed by atoms with Crippen molar-refractivity contribution >= 4 is 48.6 Å². The van der Waals surface area contributed by atoms with Gasteiger partial charge in [-0.05, 0) is 82.2 Å². The van der Waals surface area contributed by atoms with Crippen molar-refractivity contribution < 1.29 is 24.3 Å². The van der Waals surface area contributed by atoms with Gasteiger partial charge in [-0.3, -0.25) is 19.3 Å². The molecule has 0 spiro atoms. The number of carboxylic acid groups (broad SMARTS) is 1. The van der Waals surface area contributed by atoms with Gasteiger partial charge in [0.15, 0.2) is 0 Å². The summed E-state index contributed by atoms with van der Waals surface area (Å²) in [6, 6.07) is 15.5. The molecule has 5 rings (SSSR count). The maximum atomic E-state index is 14.4. The van der Waals surface area contributed by atoms with E-state index < -0.39 is 24.2 Å². The number of rotatable bonds is 12. The van der Waals surface area contributed by atoms with Gasteiger partial charge in [0.05, 0.1) is 12.1 Å². The van der Waals surface area contributed by atoms with Crippen molar-refractivity contribution in [2.24, 2.45) is 0 Å². The number of hydrogen-bond acceptors (Lipinski definition) is 6. The first-order chi connectivity index (χ1) is 22.2. The van der Waals surface area contributed by atoms with Gasteiger partial charge < -0.3 is 30.9 Å². The Morgan fingerprint density at radius 3 is 2.44 bits per heavy atom. The number of amides is 4. The molecule has 0 saturated carbocycles. The van der Waals surface area contributed by atoms with Crippen LogP contribution >= 0.6 is 24.8 Å². The summed E-state index contributed by atoms with van der Waals surface area (Å²) in [4.78, 5) is 58.9. The first kappa shape index (κ1) is 39.1. The predicted octanol–water partition coefficient (Wildman–Crippen LogP) is 3.75. The monoisotopic (exact) mass is 704 g/mol. The lowest BCUT2D eigenvalue weighted by Gasteiger charge is -2.44. The highest BCUT2D eigenvalue weighted by atomic mass is 35.5. The summed E-state index contributed by atoms with van der Waals surface area (Å²) in [5, 5.41) is 19.0. The minimum absolute atomic E-state index is 0. The van der Waals surface area contributed by atoms with Crippen LogP contribution in [0.15, 0.2) is 54.6 Å². The van der Waals surface area contributed by atoms with Crippen LogP contribution in [0.3, 0.4) is 0 Å². The summed E-state index contributed by atoms with van der Waals surface area (Å²) in [7, 11) is 1.68. The Labute approximate surface area is 296 Å². The number of carbonyl (C=O) groups excluding carboxylic acids is 3. The highest BCUT2D eigenvalue weighted by Crippen LogP contribution is 2.31. The van der Waals surface area contributed by atoms with Crippen molar-refractivity contribution in [3.05, 3.63) is 71.3 Å². The first-order valence-electron chi connectivity index (χ1n) is 16.7. The van der Waals surface area contributed by atoms with Gasteiger partial charge in [-0.25, -0.2) is 4.79 Å². The average molecular weight is 706 g/mol. The predicted molar refractivity (Wildman–Crippen MR) is 189 cm³/mol. The molecule has 2 aromatic rings. The highest BCUT2D eigenvalue weighted by molar-refractivity contribution is 5.93. The molecule has 2 fully saturated rings. The van der Waals surface area contributed by atoms with Crippen molar-refractivity contribution in [2.45, 2.75) is 88.6 Å². The minimum Gasteiger partial charge on any atom is -0.465 e. The molecule has 0 aromatic heterocycles. The minimum atomic E-state index is -1.04. The fraction of sp³-hybridized carbons (Fsp3) is 0.543. The highest BCUT2D eigenvalue weighted by Gasteiger charge is 2.44. The van der Waals surface area contributed by atoms with E-state index in [-0.39, 0.29) is 74.1 Å². The molecule has 0 bridgehead atoms. The second-order valence-corrected chi connectivity index (χ2v) is 12.9. The number of halogens is 2. The molecule has 4 amide bonds. The number of piperazine rings is 1. The van der Waals surface area contributed by atoms with Crippen molar-refractivity contribution in [3.8, 4) is 0 Å². The zero-order valence-electron chi connectivity index (χ0n) is 27.8. The number of benzene rings is 2. The van der Waals surface area contributed by atoms with E-state index in [1.165, 1.54) is 10.5 Å². The molecule has 2 heterocycles. The molecule has 11 nitrogen and oxygen atoms in total. The van der Waals surface area contributed by atoms with Crippen LogP contribution in [0.5, 0.6) is 0 Å². The Bertz CT molecular complexity index is 1380. The van der Waals surface area contributed by atoms with E-state index in [1.54, 1.807) is 18.9 Å². The Balaban J connectivity index is 0.00000312. The maximum absolute atomic E-state index is 14.4. The van der Waals surface area contributed by atoms with Crippen LogP contribution in [0.2, 0.25) is 0 Å². The van der Waals surface area contributed by atoms with E-state index >= 15 is 0 Å². The van der Waals surface area contributed by atoms with Gasteiger partial charge >= 0.3 is 6.09 Å². The van der Waals surface area contributed by atoms with Crippen LogP contribution in [0, 0.1) is 0 Å². The number of hydrogen-bond donors (Lipinski definition) is 4. The molecular formula is C35H50Cl2N6O5. The zero-order chi connectivity index (χ0) is 32.6. The van der Waals surface area contributed by atoms with Crippen LogP contribution < -0.4 is 16.0 Å². The van der Waals surface area contributed by atoms with Crippen molar-refractivity contribution in [1.29, 1.82) is 0 Å². The number of carbonyl (C=O) groups is 4. The number of nitrogens with zero attached hydrogens (tertiary/aromatic N) is 3. The van der Waals surface area contributed by atoms with Gasteiger partial charge in [0.1, 0.15) is 12.1 Å². The molecule has 3 aliphatic rings. The van der Waals surface area contributed by atoms with Crippen molar-refractivity contribution in [2.75, 3.05) is 33.2 Å². The molecular weight excluding hydrogens is 655 g/mol. The smallest absolute Gasteiger partial charge is 0.407 e. The molecule has 2 aromatic carbocycles. The van der Waals surface area contributed by atoms with Gasteiger partial charge in [-0.15, -0.1) is 24.8 Å². The largest absolute Gasteiger partial charge is 0.465 e. The van der Waals surface area contributed by atoms with E-state index in [4.69, 9.17) is 0 Å². The summed E-state index contributed by atoms with van der Waals surface area (Å²) in [6.45, 7) is 3.92. The third-order valence-corrected chi connectivity index (χ3v) is 9.81. The lowest BCUT2D eigenvalue weighted by Crippen LogP contribution is -2.65. The van der Waals surface area contributed by atoms with Gasteiger partial charge in [-0.1, -0.05) is 54.6 Å². The molecule has 4 N–H and O–H groups in total. The Hall–Kier alpha value is -3.38. The molecule has 0 radical (unpaired) electrons. The molecule has 48 heavy (non-hydrogen) atoms. The topological polar surface area (TPSA) is 134 Å². The second kappa shape index (κ2) is 18.4. The number of fused-ring (bicyclic) bond motifs is 2. The molecule has 5 atom stereocenters. The molecule has 0 unspecified atom stereocenters. The zero-order valence-corrected chi connectivity index (χ0v) is 29.4. The average Bonchev–Trinajstić information content (AvgIpc) is 3.54. The summed E-state index contributed by atoms with van der Waals surface area (Å²) < 4.78 is 0. The van der Waals surface area contributed by atoms with E-state index in [0.29, 0.717) is 19.5 Å². The van der Waals surface area contributed by atoms with Crippen LogP contribution in [0.4, 0.5) is 4.79 Å². The molecule has 264 valence electrons. The fourth-order valence-electron chi connectivity index (χ4n) is 7.07. The van der Waals surface area contributed by atoms with E-state index in [1.807, 2.05) is 42.5 Å². The Morgan fingerprint density at radius 2 is 1.71 bits per heavy atom. The van der Waals surface area contributed by atoms with Gasteiger partial charge in [0, 0.05) is 32.2 Å². The Morgan fingerprint density at radius 1 is 0.979 bits per heavy atom. The Kier molecular flexibility index (Phi) is 15.0. The molecule has 2 saturated heterocycles. The lowest BCUT2D eigenvalue weighted by atomic mass is 9.87. The van der Waals surface area contributed by atoms with Crippen LogP contribution in [0.1, 0.15) is 68.2 Å². The summed E-state index contributed by atoms with van der Waals surface area (Å²) >= 11 is 0. The summed E-state index contributed by atoms with van der Waals surface area (Å²) in [6.07, 6.45) is 4.36. The molecule has 13 heteroatoms. The van der Waals surface area contributed by atoms with E-state index in [2.05, 4.69) is 33.0 Å². The number of aryl methyl sites for hydroxylation is 1. The van der Waals surface area contributed by atoms with Gasteiger partial charge in [0.25, 0.3) is 0 Å². The quantitative estimate of drug-likeness (QED) is 0.265. The number of nitrogens with one attached hydrogen (secondary N) is 3. The standard InChI is InChI=1S/C35H48N6O5.2ClH/c1-24(36-2)32(42)38-30(18-10-20-40(35(45)46)21-25-11-4-3-5-12-25)34(44)41-22-27-15-9-19-39(27)23-31(41)33(43)37-29-17-8-14-26-13-6-7-16-28(26)29;;/h3-7,11-13,16,24,27,29-31,36H,8-10,14-15,17-23H2,1-2H3,(H,37,43)(H,38,42)(H,45,46);2*1H/t24-,27+,29+,30-,31-;;/m0../s1. The van der Waals surface area contributed by atoms with Gasteiger partial charge in [-0.2, -0.15) is 0 Å². The maximum Gasteiger partial charge on any atom is 0.407 e. The lowest BCUT2D eigenvalue weighted by molar-refractivity contribution is -0.148. The second-order valence-electron chi connectivity index (χ2n) is 12.9. The van der Waals surface area contributed by atoms with Crippen LogP contribution in [-0.2, 0) is 27.3 Å². The van der Waals surface area contributed by atoms with Crippen molar-refractivity contribution in [3.63, 3.8) is 0 Å². The third-order valence-electron chi connectivity index (χ3n) is 9.81. The SMILES string of the molecule is CN[C@@H](C)C(=O)N[C@@H](CCCN(Cc1ccccc1)C(=O)O)C(=O)N1C[C@H]2CCCN2C[C@H]1C(=O)N[C@@H]1CCCc2ccccc21.Cl.Cl. The van der Waals surface area contributed by atoms with E-state index in [0.717, 1.165) is 49.8 Å². The summed E-state index contributed by atoms with van der Waals surface area (Å²) in [5.74, 6) is -0.786.